The van der Waals surface area contributed by atoms with E-state index >= 15 is 0 Å². The highest BCUT2D eigenvalue weighted by Crippen LogP contribution is 2.41. The molecule has 0 radical (unpaired) electrons. The summed E-state index contributed by atoms with van der Waals surface area (Å²) in [6.07, 6.45) is 2.16. The Morgan fingerprint density at radius 3 is 2.78 bits per heavy atom. The molecule has 1 aliphatic rings. The predicted octanol–water partition coefficient (Wildman–Crippen LogP) is 1.21. The topological polar surface area (TPSA) is 26.3 Å². The highest BCUT2D eigenvalue weighted by Gasteiger charge is 2.42. The van der Waals surface area contributed by atoms with Crippen LogP contribution in [0.25, 0.3) is 0 Å². The maximum absolute atomic E-state index is 10.7. The lowest BCUT2D eigenvalue weighted by atomic mass is 10.2. The van der Waals surface area contributed by atoms with E-state index in [1.165, 1.54) is 7.11 Å². The van der Waals surface area contributed by atoms with Crippen molar-refractivity contribution in [1.82, 2.24) is 0 Å². The summed E-state index contributed by atoms with van der Waals surface area (Å²) in [4.78, 5) is 10.7. The van der Waals surface area contributed by atoms with Crippen LogP contribution in [0.15, 0.2) is 0 Å². The Bertz CT molecular complexity index is 120. The molecule has 2 heteroatoms. The van der Waals surface area contributed by atoms with Gasteiger partial charge in [-0.1, -0.05) is 13.3 Å². The second-order valence-electron chi connectivity index (χ2n) is 2.53. The molecular formula is C7H12O2. The van der Waals surface area contributed by atoms with Crippen molar-refractivity contribution >= 4 is 5.97 Å². The zero-order valence-corrected chi connectivity index (χ0v) is 5.89. The van der Waals surface area contributed by atoms with Crippen LogP contribution in [0, 0.1) is 11.8 Å². The van der Waals surface area contributed by atoms with Crippen LogP contribution in [0.5, 0.6) is 0 Å². The van der Waals surface area contributed by atoms with E-state index < -0.39 is 0 Å². The second-order valence-corrected chi connectivity index (χ2v) is 2.53. The minimum absolute atomic E-state index is 0.0261. The van der Waals surface area contributed by atoms with Crippen LogP contribution in [0.1, 0.15) is 19.8 Å². The largest absolute Gasteiger partial charge is 0.469 e. The fourth-order valence-corrected chi connectivity index (χ4v) is 1.14. The van der Waals surface area contributed by atoms with E-state index in [9.17, 15) is 4.79 Å². The molecule has 0 aromatic carbocycles. The molecule has 0 unspecified atom stereocenters. The zero-order valence-electron chi connectivity index (χ0n) is 5.89. The second kappa shape index (κ2) is 2.38. The third kappa shape index (κ3) is 1.23. The van der Waals surface area contributed by atoms with Crippen molar-refractivity contribution < 1.29 is 9.53 Å². The maximum Gasteiger partial charge on any atom is 0.308 e. The van der Waals surface area contributed by atoms with Crippen LogP contribution in [0.4, 0.5) is 0 Å². The molecule has 0 saturated heterocycles. The van der Waals surface area contributed by atoms with Gasteiger partial charge < -0.3 is 4.74 Å². The molecule has 2 atom stereocenters. The van der Waals surface area contributed by atoms with E-state index in [-0.39, 0.29) is 11.9 Å². The molecule has 2 nitrogen and oxygen atoms in total. The Morgan fingerprint density at radius 2 is 2.44 bits per heavy atom. The lowest BCUT2D eigenvalue weighted by Crippen LogP contribution is -2.03. The first-order chi connectivity index (χ1) is 4.29. The van der Waals surface area contributed by atoms with Crippen molar-refractivity contribution in [2.24, 2.45) is 11.8 Å². The molecule has 0 spiro atoms. The number of rotatable bonds is 2. The van der Waals surface area contributed by atoms with Crippen molar-refractivity contribution in [2.75, 3.05) is 7.11 Å². The number of esters is 1. The Labute approximate surface area is 55.2 Å². The zero-order chi connectivity index (χ0) is 6.85. The molecule has 0 bridgehead atoms. The van der Waals surface area contributed by atoms with Crippen LogP contribution in [0.2, 0.25) is 0 Å². The average Bonchev–Trinajstić information content (AvgIpc) is 2.64. The van der Waals surface area contributed by atoms with E-state index in [2.05, 4.69) is 11.7 Å². The predicted molar refractivity (Wildman–Crippen MR) is 33.9 cm³/mol. The van der Waals surface area contributed by atoms with Gasteiger partial charge in [-0.25, -0.2) is 0 Å². The third-order valence-electron chi connectivity index (χ3n) is 1.95. The summed E-state index contributed by atoms with van der Waals surface area (Å²) in [6.45, 7) is 2.10. The number of carbonyl (C=O) groups is 1. The van der Waals surface area contributed by atoms with Gasteiger partial charge in [-0.2, -0.15) is 0 Å². The Morgan fingerprint density at radius 1 is 1.78 bits per heavy atom. The van der Waals surface area contributed by atoms with E-state index in [1.54, 1.807) is 0 Å². The van der Waals surface area contributed by atoms with Crippen molar-refractivity contribution in [3.63, 3.8) is 0 Å². The standard InChI is InChI=1S/C7H12O2/c1-3-5-4-6(5)7(8)9-2/h5-6H,3-4H2,1-2H3/t5-,6-/m1/s1. The fourth-order valence-electron chi connectivity index (χ4n) is 1.14. The Hall–Kier alpha value is -0.530. The molecule has 1 aliphatic carbocycles. The summed E-state index contributed by atoms with van der Waals surface area (Å²) in [5, 5.41) is 0. The molecule has 1 saturated carbocycles. The van der Waals surface area contributed by atoms with Gasteiger partial charge in [-0.05, 0) is 12.3 Å². The monoisotopic (exact) mass is 128 g/mol. The molecule has 1 rings (SSSR count). The van der Waals surface area contributed by atoms with E-state index in [1.807, 2.05) is 0 Å². The van der Waals surface area contributed by atoms with Crippen molar-refractivity contribution in [3.05, 3.63) is 0 Å². The molecule has 1 fully saturated rings. The Kier molecular flexibility index (Phi) is 1.74. The SMILES string of the molecule is CC[C@@H]1C[C@H]1C(=O)OC. The number of hydrogen-bond acceptors (Lipinski definition) is 2. The summed E-state index contributed by atoms with van der Waals surface area (Å²) in [5.41, 5.74) is 0. The average molecular weight is 128 g/mol. The maximum atomic E-state index is 10.7. The Balaban J connectivity index is 2.25. The van der Waals surface area contributed by atoms with Gasteiger partial charge in [0, 0.05) is 0 Å². The molecular weight excluding hydrogens is 116 g/mol. The molecule has 9 heavy (non-hydrogen) atoms. The van der Waals surface area contributed by atoms with Gasteiger partial charge in [0.2, 0.25) is 0 Å². The fraction of sp³-hybridized carbons (Fsp3) is 0.857. The van der Waals surface area contributed by atoms with Crippen molar-refractivity contribution in [1.29, 1.82) is 0 Å². The van der Waals surface area contributed by atoms with Crippen LogP contribution in [-0.2, 0) is 9.53 Å². The summed E-state index contributed by atoms with van der Waals surface area (Å²) in [7, 11) is 1.45. The quantitative estimate of drug-likeness (QED) is 0.522. The van der Waals surface area contributed by atoms with Crippen molar-refractivity contribution in [2.45, 2.75) is 19.8 Å². The molecule has 0 aromatic heterocycles. The summed E-state index contributed by atoms with van der Waals surface area (Å²) < 4.78 is 4.57. The molecule has 52 valence electrons. The van der Waals surface area contributed by atoms with Crippen LogP contribution in [0.3, 0.4) is 0 Å². The highest BCUT2D eigenvalue weighted by atomic mass is 16.5. The first-order valence-corrected chi connectivity index (χ1v) is 3.37. The molecule has 0 N–H and O–H groups in total. The third-order valence-corrected chi connectivity index (χ3v) is 1.95. The summed E-state index contributed by atoms with van der Waals surface area (Å²) in [6, 6.07) is 0. The molecule has 0 aliphatic heterocycles. The van der Waals surface area contributed by atoms with E-state index in [4.69, 9.17) is 0 Å². The first kappa shape index (κ1) is 6.59. The van der Waals surface area contributed by atoms with E-state index in [0.717, 1.165) is 12.8 Å². The van der Waals surface area contributed by atoms with Gasteiger partial charge >= 0.3 is 5.97 Å². The van der Waals surface area contributed by atoms with Gasteiger partial charge in [0.25, 0.3) is 0 Å². The van der Waals surface area contributed by atoms with Gasteiger partial charge in [-0.3, -0.25) is 4.79 Å². The molecule has 0 aromatic rings. The van der Waals surface area contributed by atoms with Gasteiger partial charge in [0.15, 0.2) is 0 Å². The first-order valence-electron chi connectivity index (χ1n) is 3.37. The summed E-state index contributed by atoms with van der Waals surface area (Å²) in [5.74, 6) is 0.833. The summed E-state index contributed by atoms with van der Waals surface area (Å²) >= 11 is 0. The number of carbonyl (C=O) groups excluding carboxylic acids is 1. The lowest BCUT2D eigenvalue weighted by molar-refractivity contribution is -0.142. The van der Waals surface area contributed by atoms with Gasteiger partial charge in [-0.15, -0.1) is 0 Å². The van der Waals surface area contributed by atoms with Crippen LogP contribution >= 0.6 is 0 Å². The highest BCUT2D eigenvalue weighted by molar-refractivity contribution is 5.75. The minimum Gasteiger partial charge on any atom is -0.469 e. The molecule has 0 amide bonds. The molecule has 0 heterocycles. The number of methoxy groups -OCH3 is 1. The van der Waals surface area contributed by atoms with E-state index in [0.29, 0.717) is 5.92 Å². The van der Waals surface area contributed by atoms with Crippen LogP contribution < -0.4 is 0 Å². The van der Waals surface area contributed by atoms with Crippen LogP contribution in [-0.4, -0.2) is 13.1 Å². The van der Waals surface area contributed by atoms with Gasteiger partial charge in [0.05, 0.1) is 13.0 Å². The minimum atomic E-state index is -0.0261. The normalized spacial score (nSPS) is 31.8. The van der Waals surface area contributed by atoms with Crippen molar-refractivity contribution in [3.8, 4) is 0 Å². The van der Waals surface area contributed by atoms with Gasteiger partial charge in [0.1, 0.15) is 0 Å². The number of hydrogen-bond donors (Lipinski definition) is 0. The lowest BCUT2D eigenvalue weighted by Gasteiger charge is -1.93. The number of ether oxygens (including phenoxy) is 1. The smallest absolute Gasteiger partial charge is 0.308 e.